The predicted octanol–water partition coefficient (Wildman–Crippen LogP) is 2.74. The molecule has 5 rings (SSSR count). The summed E-state index contributed by atoms with van der Waals surface area (Å²) in [6.45, 7) is 1.64. The minimum Gasteiger partial charge on any atom is -0.465 e. The van der Waals surface area contributed by atoms with Crippen LogP contribution in [-0.4, -0.2) is 77.9 Å². The van der Waals surface area contributed by atoms with Crippen LogP contribution in [0.5, 0.6) is 0 Å². The summed E-state index contributed by atoms with van der Waals surface area (Å²) in [6, 6.07) is 14.5. The summed E-state index contributed by atoms with van der Waals surface area (Å²) in [5, 5.41) is -0.582. The molecule has 0 bridgehead atoms. The van der Waals surface area contributed by atoms with Gasteiger partial charge in [0.2, 0.25) is 5.91 Å². The second kappa shape index (κ2) is 9.73. The second-order valence-corrected chi connectivity index (χ2v) is 10.1. The molecule has 0 spiro atoms. The van der Waals surface area contributed by atoms with E-state index < -0.39 is 5.37 Å². The van der Waals surface area contributed by atoms with Crippen LogP contribution < -0.4 is 4.90 Å². The van der Waals surface area contributed by atoms with E-state index in [2.05, 4.69) is 0 Å². The fourth-order valence-corrected chi connectivity index (χ4v) is 6.23. The van der Waals surface area contributed by atoms with E-state index in [9.17, 15) is 19.2 Å². The van der Waals surface area contributed by atoms with Crippen LogP contribution in [-0.2, 0) is 14.3 Å². The van der Waals surface area contributed by atoms with Crippen molar-refractivity contribution in [1.29, 1.82) is 0 Å². The van der Waals surface area contributed by atoms with Gasteiger partial charge in [0.1, 0.15) is 6.54 Å². The maximum Gasteiger partial charge on any atom is 0.337 e. The average molecular weight is 494 g/mol. The van der Waals surface area contributed by atoms with E-state index in [-0.39, 0.29) is 30.2 Å². The third-order valence-electron chi connectivity index (χ3n) is 7.00. The van der Waals surface area contributed by atoms with Crippen LogP contribution in [0.3, 0.4) is 0 Å². The topological polar surface area (TPSA) is 87.2 Å². The van der Waals surface area contributed by atoms with Crippen LogP contribution in [0.2, 0.25) is 0 Å². The van der Waals surface area contributed by atoms with Crippen LogP contribution in [0.15, 0.2) is 48.5 Å². The first-order chi connectivity index (χ1) is 17.0. The lowest BCUT2D eigenvalue weighted by atomic mass is 9.89. The van der Waals surface area contributed by atoms with Gasteiger partial charge >= 0.3 is 5.97 Å². The van der Waals surface area contributed by atoms with Gasteiger partial charge in [-0.2, -0.15) is 0 Å². The van der Waals surface area contributed by atoms with Crippen LogP contribution in [0.25, 0.3) is 0 Å². The molecule has 9 heteroatoms. The highest BCUT2D eigenvalue weighted by Gasteiger charge is 2.43. The van der Waals surface area contributed by atoms with Gasteiger partial charge in [0.25, 0.3) is 11.8 Å². The summed E-state index contributed by atoms with van der Waals surface area (Å²) < 4.78 is 4.76. The smallest absolute Gasteiger partial charge is 0.337 e. The largest absolute Gasteiger partial charge is 0.465 e. The van der Waals surface area contributed by atoms with Crippen LogP contribution in [0.4, 0.5) is 5.69 Å². The molecule has 3 heterocycles. The Morgan fingerprint density at radius 2 is 1.71 bits per heavy atom. The highest BCUT2D eigenvalue weighted by molar-refractivity contribution is 8.00. The molecular weight excluding hydrogens is 466 g/mol. The quantitative estimate of drug-likeness (QED) is 0.609. The minimum absolute atomic E-state index is 0.0769. The van der Waals surface area contributed by atoms with Gasteiger partial charge in [0.05, 0.1) is 23.9 Å². The number of anilines is 1. The van der Waals surface area contributed by atoms with E-state index >= 15 is 0 Å². The highest BCUT2D eigenvalue weighted by Crippen LogP contribution is 2.35. The van der Waals surface area contributed by atoms with E-state index in [1.165, 1.54) is 23.8 Å². The number of para-hydroxylation sites is 1. The Morgan fingerprint density at radius 1 is 1.00 bits per heavy atom. The number of piperidine rings is 1. The summed E-state index contributed by atoms with van der Waals surface area (Å²) in [7, 11) is 1.36. The molecule has 0 radical (unpaired) electrons. The summed E-state index contributed by atoms with van der Waals surface area (Å²) in [5.41, 5.74) is 2.63. The number of esters is 1. The SMILES string of the molecule is COC(=O)c1ccc(C2CCN(C(=O)CN3C(=O)C4SCCN4C(=O)c4ccccc43)CC2)cc1. The minimum atomic E-state index is -0.582. The molecule has 0 aromatic heterocycles. The molecule has 0 N–H and O–H groups in total. The first kappa shape index (κ1) is 23.4. The van der Waals surface area contributed by atoms with E-state index in [0.717, 1.165) is 18.4 Å². The van der Waals surface area contributed by atoms with E-state index in [4.69, 9.17) is 4.74 Å². The molecule has 2 aromatic rings. The monoisotopic (exact) mass is 493 g/mol. The number of carbonyl (C=O) groups excluding carboxylic acids is 4. The van der Waals surface area contributed by atoms with Crippen molar-refractivity contribution in [2.24, 2.45) is 0 Å². The number of carbonyl (C=O) groups is 4. The van der Waals surface area contributed by atoms with Gasteiger partial charge < -0.3 is 14.5 Å². The number of hydrogen-bond donors (Lipinski definition) is 0. The van der Waals surface area contributed by atoms with Crippen molar-refractivity contribution in [3.05, 3.63) is 65.2 Å². The molecule has 8 nitrogen and oxygen atoms in total. The molecule has 0 aliphatic carbocycles. The van der Waals surface area contributed by atoms with Crippen molar-refractivity contribution >= 4 is 41.1 Å². The summed E-state index contributed by atoms with van der Waals surface area (Å²) in [4.78, 5) is 56.3. The van der Waals surface area contributed by atoms with Crippen molar-refractivity contribution < 1.29 is 23.9 Å². The van der Waals surface area contributed by atoms with Crippen LogP contribution >= 0.6 is 11.8 Å². The highest BCUT2D eigenvalue weighted by atomic mass is 32.2. The molecule has 0 saturated carbocycles. The molecule has 2 saturated heterocycles. The number of nitrogens with zero attached hydrogens (tertiary/aromatic N) is 3. The van der Waals surface area contributed by atoms with E-state index in [0.29, 0.717) is 48.1 Å². The zero-order valence-electron chi connectivity index (χ0n) is 19.5. The molecule has 3 amide bonds. The Bertz CT molecular complexity index is 1160. The van der Waals surface area contributed by atoms with Crippen molar-refractivity contribution in [2.75, 3.05) is 43.9 Å². The van der Waals surface area contributed by atoms with Gasteiger partial charge in [-0.15, -0.1) is 11.8 Å². The molecule has 35 heavy (non-hydrogen) atoms. The molecule has 3 aliphatic rings. The van der Waals surface area contributed by atoms with Crippen molar-refractivity contribution in [2.45, 2.75) is 24.1 Å². The number of thioether (sulfide) groups is 1. The lowest BCUT2D eigenvalue weighted by molar-refractivity contribution is -0.132. The Morgan fingerprint density at radius 3 is 2.43 bits per heavy atom. The van der Waals surface area contributed by atoms with Crippen molar-refractivity contribution in [1.82, 2.24) is 9.80 Å². The van der Waals surface area contributed by atoms with Gasteiger partial charge in [0, 0.05) is 25.4 Å². The fraction of sp³-hybridized carbons (Fsp3) is 0.385. The van der Waals surface area contributed by atoms with Gasteiger partial charge in [-0.3, -0.25) is 19.3 Å². The molecule has 2 fully saturated rings. The second-order valence-electron chi connectivity index (χ2n) is 8.93. The maximum absolute atomic E-state index is 13.4. The van der Waals surface area contributed by atoms with Gasteiger partial charge in [0.15, 0.2) is 5.37 Å². The Labute approximate surface area is 208 Å². The lowest BCUT2D eigenvalue weighted by Gasteiger charge is -2.34. The Hall–Kier alpha value is -3.33. The molecule has 182 valence electrons. The van der Waals surface area contributed by atoms with Gasteiger partial charge in [-0.25, -0.2) is 4.79 Å². The first-order valence-electron chi connectivity index (χ1n) is 11.8. The number of hydrogen-bond acceptors (Lipinski definition) is 6. The number of likely N-dealkylation sites (tertiary alicyclic amines) is 1. The van der Waals surface area contributed by atoms with Crippen LogP contribution in [0.1, 0.15) is 45.0 Å². The standard InChI is InChI=1S/C26H27N3O5S/c1-34-26(33)19-8-6-17(7-9-19)18-10-12-27(13-11-18)22(30)16-29-21-5-3-2-4-20(21)23(31)28-14-15-35-25(28)24(29)32/h2-9,18,25H,10-16H2,1H3. The first-order valence-corrected chi connectivity index (χ1v) is 12.8. The lowest BCUT2D eigenvalue weighted by Crippen LogP contribution is -2.49. The Balaban J connectivity index is 1.27. The fourth-order valence-electron chi connectivity index (χ4n) is 5.05. The van der Waals surface area contributed by atoms with Gasteiger partial charge in [-0.05, 0) is 48.6 Å². The predicted molar refractivity (Wildman–Crippen MR) is 132 cm³/mol. The zero-order chi connectivity index (χ0) is 24.5. The van der Waals surface area contributed by atoms with Crippen molar-refractivity contribution in [3.63, 3.8) is 0 Å². The van der Waals surface area contributed by atoms with E-state index in [1.54, 1.807) is 41.3 Å². The summed E-state index contributed by atoms with van der Waals surface area (Å²) >= 11 is 1.45. The average Bonchev–Trinajstić information content (AvgIpc) is 3.38. The zero-order valence-corrected chi connectivity index (χ0v) is 20.3. The number of amides is 3. The third-order valence-corrected chi connectivity index (χ3v) is 8.19. The molecule has 1 unspecified atom stereocenters. The maximum atomic E-state index is 13.4. The summed E-state index contributed by atoms with van der Waals surface area (Å²) in [5.74, 6) is 0.171. The van der Waals surface area contributed by atoms with Gasteiger partial charge in [-0.1, -0.05) is 24.3 Å². The summed E-state index contributed by atoms with van der Waals surface area (Å²) in [6.07, 6.45) is 1.61. The number of ether oxygens (including phenoxy) is 1. The number of methoxy groups -OCH3 is 1. The van der Waals surface area contributed by atoms with Crippen LogP contribution in [0, 0.1) is 0 Å². The molecule has 3 aliphatic heterocycles. The Kier molecular flexibility index (Phi) is 6.51. The number of fused-ring (bicyclic) bond motifs is 2. The molecule has 1 atom stereocenters. The molecular formula is C26H27N3O5S. The number of benzene rings is 2. The molecule has 2 aromatic carbocycles. The van der Waals surface area contributed by atoms with E-state index in [1.807, 2.05) is 17.0 Å². The normalized spacial score (nSPS) is 20.4. The third kappa shape index (κ3) is 4.40. The number of rotatable bonds is 4. The van der Waals surface area contributed by atoms with Crippen molar-refractivity contribution in [3.8, 4) is 0 Å².